The van der Waals surface area contributed by atoms with Crippen molar-refractivity contribution in [1.29, 1.82) is 0 Å². The maximum absolute atomic E-state index is 12.8. The Morgan fingerprint density at radius 3 is 2.13 bits per heavy atom. The van der Waals surface area contributed by atoms with Crippen LogP contribution in [-0.4, -0.2) is 36.5 Å². The first kappa shape index (κ1) is 22.9. The number of likely N-dealkylation sites (tertiary alicyclic amines) is 1. The van der Waals surface area contributed by atoms with Gasteiger partial charge in [-0.25, -0.2) is 0 Å². The third-order valence-corrected chi connectivity index (χ3v) is 5.73. The molecule has 0 unspecified atom stereocenters. The zero-order valence-electron chi connectivity index (χ0n) is 19.0. The molecule has 0 aromatic heterocycles. The summed E-state index contributed by atoms with van der Waals surface area (Å²) in [5.74, 6) is 0.596. The molecule has 2 aromatic rings. The van der Waals surface area contributed by atoms with Crippen LogP contribution in [0.15, 0.2) is 48.5 Å². The third-order valence-electron chi connectivity index (χ3n) is 5.73. The van der Waals surface area contributed by atoms with Crippen molar-refractivity contribution in [1.82, 2.24) is 4.90 Å². The van der Waals surface area contributed by atoms with E-state index in [0.29, 0.717) is 44.7 Å². The molecule has 3 rings (SSSR count). The van der Waals surface area contributed by atoms with Crippen molar-refractivity contribution in [3.63, 3.8) is 0 Å². The fourth-order valence-electron chi connectivity index (χ4n) is 3.72. The van der Waals surface area contributed by atoms with E-state index in [0.717, 1.165) is 11.3 Å². The normalized spacial score (nSPS) is 14.9. The van der Waals surface area contributed by atoms with E-state index in [4.69, 9.17) is 9.47 Å². The molecule has 166 valence electrons. The van der Waals surface area contributed by atoms with Crippen LogP contribution >= 0.6 is 0 Å². The number of hydrogen-bond donors (Lipinski definition) is 0. The van der Waals surface area contributed by atoms with Gasteiger partial charge in [0.15, 0.2) is 0 Å². The Balaban J connectivity index is 1.51. The molecule has 31 heavy (non-hydrogen) atoms. The average molecular weight is 424 g/mol. The van der Waals surface area contributed by atoms with E-state index in [1.807, 2.05) is 48.2 Å². The van der Waals surface area contributed by atoms with Gasteiger partial charge in [0, 0.05) is 18.7 Å². The number of benzene rings is 2. The summed E-state index contributed by atoms with van der Waals surface area (Å²) >= 11 is 0. The summed E-state index contributed by atoms with van der Waals surface area (Å²) in [7, 11) is 0. The van der Waals surface area contributed by atoms with Gasteiger partial charge in [0.1, 0.15) is 12.4 Å². The van der Waals surface area contributed by atoms with Crippen molar-refractivity contribution >= 4 is 11.9 Å². The summed E-state index contributed by atoms with van der Waals surface area (Å²) in [6.45, 7) is 10.4. The number of ether oxygens (including phenoxy) is 2. The van der Waals surface area contributed by atoms with Crippen LogP contribution < -0.4 is 4.74 Å². The lowest BCUT2D eigenvalue weighted by molar-refractivity contribution is -0.149. The molecule has 0 spiro atoms. The van der Waals surface area contributed by atoms with E-state index in [1.54, 1.807) is 0 Å². The summed E-state index contributed by atoms with van der Waals surface area (Å²) in [4.78, 5) is 26.5. The van der Waals surface area contributed by atoms with Gasteiger partial charge in [-0.2, -0.15) is 0 Å². The Morgan fingerprint density at radius 2 is 1.58 bits per heavy atom. The highest BCUT2D eigenvalue weighted by molar-refractivity contribution is 5.94. The molecular weight excluding hydrogens is 390 g/mol. The monoisotopic (exact) mass is 423 g/mol. The van der Waals surface area contributed by atoms with Gasteiger partial charge in [-0.3, -0.25) is 9.59 Å². The number of esters is 1. The predicted octanol–water partition coefficient (Wildman–Crippen LogP) is 4.98. The largest absolute Gasteiger partial charge is 0.489 e. The van der Waals surface area contributed by atoms with Crippen molar-refractivity contribution in [2.75, 3.05) is 19.7 Å². The summed E-state index contributed by atoms with van der Waals surface area (Å²) < 4.78 is 11.0. The fraction of sp³-hybridized carbons (Fsp3) is 0.462. The zero-order valence-corrected chi connectivity index (χ0v) is 19.0. The fourth-order valence-corrected chi connectivity index (χ4v) is 3.72. The van der Waals surface area contributed by atoms with Gasteiger partial charge in [0.2, 0.25) is 0 Å². The first-order valence-electron chi connectivity index (χ1n) is 11.1. The van der Waals surface area contributed by atoms with Crippen LogP contribution in [0.1, 0.15) is 62.0 Å². The standard InChI is InChI=1S/C26H33NO4/c1-5-30-25(29)21-14-16-27(17-15-21)24(28)20-8-6-19(7-9-20)18-31-23-12-10-22(11-13-23)26(2,3)4/h6-13,21H,5,14-18H2,1-4H3. The topological polar surface area (TPSA) is 55.8 Å². The summed E-state index contributed by atoms with van der Waals surface area (Å²) in [5.41, 5.74) is 3.06. The molecule has 0 radical (unpaired) electrons. The number of amides is 1. The third kappa shape index (κ3) is 6.09. The lowest BCUT2D eigenvalue weighted by Gasteiger charge is -2.31. The number of carbonyl (C=O) groups excluding carboxylic acids is 2. The molecule has 0 bridgehead atoms. The Labute approximate surface area is 185 Å². The smallest absolute Gasteiger partial charge is 0.309 e. The number of nitrogens with zero attached hydrogens (tertiary/aromatic N) is 1. The van der Waals surface area contributed by atoms with Gasteiger partial charge < -0.3 is 14.4 Å². The van der Waals surface area contributed by atoms with Crippen LogP contribution in [0.2, 0.25) is 0 Å². The van der Waals surface area contributed by atoms with Gasteiger partial charge in [-0.1, -0.05) is 45.0 Å². The molecule has 1 saturated heterocycles. The Bertz CT molecular complexity index is 873. The molecule has 1 fully saturated rings. The van der Waals surface area contributed by atoms with Gasteiger partial charge >= 0.3 is 5.97 Å². The highest BCUT2D eigenvalue weighted by Crippen LogP contribution is 2.25. The van der Waals surface area contributed by atoms with E-state index in [-0.39, 0.29) is 23.2 Å². The van der Waals surface area contributed by atoms with Crippen LogP contribution in [-0.2, 0) is 21.6 Å². The molecule has 0 atom stereocenters. The van der Waals surface area contributed by atoms with E-state index in [9.17, 15) is 9.59 Å². The van der Waals surface area contributed by atoms with Crippen molar-refractivity contribution in [2.24, 2.45) is 5.92 Å². The van der Waals surface area contributed by atoms with E-state index in [2.05, 4.69) is 32.9 Å². The van der Waals surface area contributed by atoms with Crippen molar-refractivity contribution < 1.29 is 19.1 Å². The Kier molecular flexibility index (Phi) is 7.37. The molecule has 1 aliphatic heterocycles. The maximum atomic E-state index is 12.8. The molecule has 0 saturated carbocycles. The van der Waals surface area contributed by atoms with E-state index in [1.165, 1.54) is 5.56 Å². The van der Waals surface area contributed by atoms with Gasteiger partial charge in [0.25, 0.3) is 5.91 Å². The van der Waals surface area contributed by atoms with Gasteiger partial charge in [-0.05, 0) is 60.6 Å². The second-order valence-corrected chi connectivity index (χ2v) is 9.08. The van der Waals surface area contributed by atoms with Gasteiger partial charge in [0.05, 0.1) is 12.5 Å². The minimum absolute atomic E-state index is 0.00699. The van der Waals surface area contributed by atoms with Crippen LogP contribution in [0.4, 0.5) is 0 Å². The van der Waals surface area contributed by atoms with Crippen LogP contribution in [0.25, 0.3) is 0 Å². The van der Waals surface area contributed by atoms with Crippen molar-refractivity contribution in [3.05, 3.63) is 65.2 Å². The van der Waals surface area contributed by atoms with Crippen LogP contribution in [0.3, 0.4) is 0 Å². The molecule has 1 amide bonds. The summed E-state index contributed by atoms with van der Waals surface area (Å²) in [6, 6.07) is 15.8. The molecule has 0 N–H and O–H groups in total. The maximum Gasteiger partial charge on any atom is 0.309 e. The average Bonchev–Trinajstić information content (AvgIpc) is 2.77. The molecule has 0 aliphatic carbocycles. The highest BCUT2D eigenvalue weighted by atomic mass is 16.5. The quantitative estimate of drug-likeness (QED) is 0.615. The van der Waals surface area contributed by atoms with E-state index >= 15 is 0 Å². The SMILES string of the molecule is CCOC(=O)C1CCN(C(=O)c2ccc(COc3ccc(C(C)(C)C)cc3)cc2)CC1. The Hall–Kier alpha value is -2.82. The Morgan fingerprint density at radius 1 is 0.968 bits per heavy atom. The minimum atomic E-state index is -0.146. The number of rotatable bonds is 6. The van der Waals surface area contributed by atoms with Crippen molar-refractivity contribution in [2.45, 2.75) is 52.6 Å². The summed E-state index contributed by atoms with van der Waals surface area (Å²) in [6.07, 6.45) is 1.31. The minimum Gasteiger partial charge on any atom is -0.489 e. The molecule has 5 heteroatoms. The lowest BCUT2D eigenvalue weighted by atomic mass is 9.87. The number of hydrogen-bond acceptors (Lipinski definition) is 4. The first-order valence-corrected chi connectivity index (χ1v) is 11.1. The molecule has 1 aliphatic rings. The second kappa shape index (κ2) is 9.99. The molecule has 5 nitrogen and oxygen atoms in total. The molecular formula is C26H33NO4. The highest BCUT2D eigenvalue weighted by Gasteiger charge is 2.28. The predicted molar refractivity (Wildman–Crippen MR) is 121 cm³/mol. The molecule has 2 aromatic carbocycles. The number of piperidine rings is 1. The van der Waals surface area contributed by atoms with Gasteiger partial charge in [-0.15, -0.1) is 0 Å². The zero-order chi connectivity index (χ0) is 22.4. The first-order chi connectivity index (χ1) is 14.8. The van der Waals surface area contributed by atoms with Crippen LogP contribution in [0.5, 0.6) is 5.75 Å². The van der Waals surface area contributed by atoms with Crippen molar-refractivity contribution in [3.8, 4) is 5.75 Å². The molecule has 1 heterocycles. The number of carbonyl (C=O) groups is 2. The van der Waals surface area contributed by atoms with Crippen LogP contribution in [0, 0.1) is 5.92 Å². The summed E-state index contributed by atoms with van der Waals surface area (Å²) in [5, 5.41) is 0. The lowest BCUT2D eigenvalue weighted by Crippen LogP contribution is -2.40. The van der Waals surface area contributed by atoms with E-state index < -0.39 is 0 Å². The second-order valence-electron chi connectivity index (χ2n) is 9.08.